The highest BCUT2D eigenvalue weighted by atomic mass is 35.5. The lowest BCUT2D eigenvalue weighted by Crippen LogP contribution is -2.23. The van der Waals surface area contributed by atoms with Crippen molar-refractivity contribution < 1.29 is 17.9 Å². The summed E-state index contributed by atoms with van der Waals surface area (Å²) >= 11 is 6.02. The van der Waals surface area contributed by atoms with E-state index in [-0.39, 0.29) is 27.7 Å². The van der Waals surface area contributed by atoms with Crippen molar-refractivity contribution in [2.45, 2.75) is 11.4 Å². The first-order chi connectivity index (χ1) is 13.9. The van der Waals surface area contributed by atoms with Crippen LogP contribution in [0.4, 0.5) is 5.69 Å². The number of carbonyl (C=O) groups is 1. The van der Waals surface area contributed by atoms with Crippen molar-refractivity contribution in [1.82, 2.24) is 5.32 Å². The predicted octanol–water partition coefficient (Wildman–Crippen LogP) is 4.08. The van der Waals surface area contributed by atoms with Crippen molar-refractivity contribution in [2.24, 2.45) is 0 Å². The number of nitrogens with one attached hydrogen (secondary N) is 2. The molecule has 0 fully saturated rings. The molecule has 0 aromatic heterocycles. The van der Waals surface area contributed by atoms with Crippen LogP contribution in [0.5, 0.6) is 5.75 Å². The molecule has 0 aliphatic rings. The molecule has 0 atom stereocenters. The summed E-state index contributed by atoms with van der Waals surface area (Å²) in [7, 11) is -2.35. The zero-order chi connectivity index (χ0) is 20.9. The van der Waals surface area contributed by atoms with Gasteiger partial charge in [0, 0.05) is 17.7 Å². The number of benzene rings is 3. The van der Waals surface area contributed by atoms with E-state index in [1.165, 1.54) is 18.2 Å². The topological polar surface area (TPSA) is 84.5 Å². The van der Waals surface area contributed by atoms with E-state index >= 15 is 0 Å². The van der Waals surface area contributed by atoms with Crippen LogP contribution in [0.1, 0.15) is 15.9 Å². The summed E-state index contributed by atoms with van der Waals surface area (Å²) < 4.78 is 33.0. The lowest BCUT2D eigenvalue weighted by Gasteiger charge is -2.12. The first-order valence-electron chi connectivity index (χ1n) is 8.68. The van der Waals surface area contributed by atoms with Gasteiger partial charge in [0.2, 0.25) is 0 Å². The van der Waals surface area contributed by atoms with E-state index in [0.717, 1.165) is 5.56 Å². The van der Waals surface area contributed by atoms with Gasteiger partial charge in [-0.15, -0.1) is 0 Å². The van der Waals surface area contributed by atoms with Crippen molar-refractivity contribution in [2.75, 3.05) is 11.8 Å². The number of para-hydroxylation sites is 2. The molecule has 3 aromatic rings. The van der Waals surface area contributed by atoms with Gasteiger partial charge in [-0.1, -0.05) is 48.0 Å². The number of hydrogen-bond acceptors (Lipinski definition) is 4. The molecule has 2 N–H and O–H groups in total. The number of carbonyl (C=O) groups excluding carboxylic acids is 1. The third-order valence-corrected chi connectivity index (χ3v) is 5.85. The van der Waals surface area contributed by atoms with Crippen molar-refractivity contribution in [3.05, 3.63) is 88.9 Å². The fourth-order valence-corrected chi connectivity index (χ4v) is 4.04. The normalized spacial score (nSPS) is 11.0. The van der Waals surface area contributed by atoms with Gasteiger partial charge in [-0.05, 0) is 36.4 Å². The molecule has 3 aromatic carbocycles. The second kappa shape index (κ2) is 8.98. The Morgan fingerprint density at radius 3 is 2.48 bits per heavy atom. The maximum absolute atomic E-state index is 12.7. The molecule has 29 heavy (non-hydrogen) atoms. The summed E-state index contributed by atoms with van der Waals surface area (Å²) in [6.45, 7) is 0.248. The summed E-state index contributed by atoms with van der Waals surface area (Å²) in [4.78, 5) is 12.5. The Balaban J connectivity index is 1.76. The van der Waals surface area contributed by atoms with Crippen LogP contribution in [0.15, 0.2) is 77.7 Å². The number of amides is 1. The number of hydrogen-bond donors (Lipinski definition) is 2. The maximum Gasteiger partial charge on any atom is 0.261 e. The van der Waals surface area contributed by atoms with Gasteiger partial charge in [0.15, 0.2) is 0 Å². The number of methoxy groups -OCH3 is 1. The van der Waals surface area contributed by atoms with E-state index in [4.69, 9.17) is 16.3 Å². The largest absolute Gasteiger partial charge is 0.496 e. The van der Waals surface area contributed by atoms with E-state index in [1.54, 1.807) is 43.5 Å². The van der Waals surface area contributed by atoms with Crippen LogP contribution in [0.25, 0.3) is 0 Å². The van der Waals surface area contributed by atoms with Crippen LogP contribution in [-0.2, 0) is 16.6 Å². The molecule has 0 radical (unpaired) electrons. The summed E-state index contributed by atoms with van der Waals surface area (Å²) in [6.07, 6.45) is 0. The Hall–Kier alpha value is -3.03. The Morgan fingerprint density at radius 1 is 1.00 bits per heavy atom. The van der Waals surface area contributed by atoms with E-state index < -0.39 is 15.9 Å². The van der Waals surface area contributed by atoms with Gasteiger partial charge in [-0.25, -0.2) is 8.42 Å². The minimum absolute atomic E-state index is 0.0395. The average molecular weight is 431 g/mol. The zero-order valence-corrected chi connectivity index (χ0v) is 17.1. The van der Waals surface area contributed by atoms with E-state index in [2.05, 4.69) is 10.0 Å². The SMILES string of the molecule is COc1ccccc1CNC(=O)c1cccc(S(=O)(=O)Nc2ccccc2Cl)c1. The van der Waals surface area contributed by atoms with E-state index in [9.17, 15) is 13.2 Å². The highest BCUT2D eigenvalue weighted by Gasteiger charge is 2.18. The fraction of sp³-hybridized carbons (Fsp3) is 0.0952. The average Bonchev–Trinajstić information content (AvgIpc) is 2.74. The maximum atomic E-state index is 12.7. The van der Waals surface area contributed by atoms with Gasteiger partial charge in [0.1, 0.15) is 5.75 Å². The molecule has 8 heteroatoms. The second-order valence-corrected chi connectivity index (χ2v) is 8.20. The molecule has 0 unspecified atom stereocenters. The van der Waals surface area contributed by atoms with Crippen LogP contribution in [0.2, 0.25) is 5.02 Å². The molecule has 0 saturated heterocycles. The third-order valence-electron chi connectivity index (χ3n) is 4.16. The first-order valence-corrected chi connectivity index (χ1v) is 10.5. The Morgan fingerprint density at radius 2 is 1.72 bits per heavy atom. The molecule has 0 aliphatic carbocycles. The highest BCUT2D eigenvalue weighted by Crippen LogP contribution is 2.24. The van der Waals surface area contributed by atoms with Gasteiger partial charge in [0.25, 0.3) is 15.9 Å². The lowest BCUT2D eigenvalue weighted by molar-refractivity contribution is 0.0950. The highest BCUT2D eigenvalue weighted by molar-refractivity contribution is 7.92. The molecule has 3 rings (SSSR count). The molecule has 1 amide bonds. The molecule has 0 bridgehead atoms. The minimum Gasteiger partial charge on any atom is -0.496 e. The number of anilines is 1. The van der Waals surface area contributed by atoms with Gasteiger partial charge in [0.05, 0.1) is 22.7 Å². The summed E-state index contributed by atoms with van der Waals surface area (Å²) in [5, 5.41) is 3.05. The molecule has 0 heterocycles. The number of rotatable bonds is 7. The predicted molar refractivity (Wildman–Crippen MR) is 113 cm³/mol. The summed E-state index contributed by atoms with van der Waals surface area (Å²) in [6, 6.07) is 19.6. The van der Waals surface area contributed by atoms with Crippen LogP contribution in [-0.4, -0.2) is 21.4 Å². The summed E-state index contributed by atoms with van der Waals surface area (Å²) in [5.74, 6) is 0.263. The number of halogens is 1. The van der Waals surface area contributed by atoms with Crippen molar-refractivity contribution in [3.63, 3.8) is 0 Å². The molecular formula is C21H19ClN2O4S. The van der Waals surface area contributed by atoms with E-state index in [1.807, 2.05) is 18.2 Å². The van der Waals surface area contributed by atoms with Crippen LogP contribution in [0, 0.1) is 0 Å². The quantitative estimate of drug-likeness (QED) is 0.591. The molecule has 150 valence electrons. The van der Waals surface area contributed by atoms with Gasteiger partial charge >= 0.3 is 0 Å². The van der Waals surface area contributed by atoms with Crippen molar-refractivity contribution >= 4 is 33.2 Å². The molecule has 6 nitrogen and oxygen atoms in total. The van der Waals surface area contributed by atoms with Crippen LogP contribution >= 0.6 is 11.6 Å². The first kappa shape index (κ1) is 20.7. The molecular weight excluding hydrogens is 412 g/mol. The number of sulfonamides is 1. The van der Waals surface area contributed by atoms with Crippen molar-refractivity contribution in [1.29, 1.82) is 0 Å². The second-order valence-electron chi connectivity index (χ2n) is 6.11. The minimum atomic E-state index is -3.90. The standard InChI is InChI=1S/C21H19ClN2O4S/c1-28-20-12-5-2-7-16(20)14-23-21(25)15-8-6-9-17(13-15)29(26,27)24-19-11-4-3-10-18(19)22/h2-13,24H,14H2,1H3,(H,23,25). The van der Waals surface area contributed by atoms with Crippen molar-refractivity contribution in [3.8, 4) is 5.75 Å². The van der Waals surface area contributed by atoms with Gasteiger partial charge in [-0.2, -0.15) is 0 Å². The Labute approximate surface area is 174 Å². The zero-order valence-electron chi connectivity index (χ0n) is 15.6. The summed E-state index contributed by atoms with van der Waals surface area (Å²) in [5.41, 5.74) is 1.30. The van der Waals surface area contributed by atoms with Crippen LogP contribution < -0.4 is 14.8 Å². The Kier molecular flexibility index (Phi) is 6.41. The lowest BCUT2D eigenvalue weighted by atomic mass is 10.2. The van der Waals surface area contributed by atoms with Gasteiger partial charge in [-0.3, -0.25) is 9.52 Å². The van der Waals surface area contributed by atoms with Crippen LogP contribution in [0.3, 0.4) is 0 Å². The third kappa shape index (κ3) is 5.07. The van der Waals surface area contributed by atoms with E-state index in [0.29, 0.717) is 5.75 Å². The van der Waals surface area contributed by atoms with Gasteiger partial charge < -0.3 is 10.1 Å². The molecule has 0 saturated carbocycles. The smallest absolute Gasteiger partial charge is 0.261 e. The fourth-order valence-electron chi connectivity index (χ4n) is 2.68. The monoisotopic (exact) mass is 430 g/mol. The molecule has 0 spiro atoms. The Bertz CT molecular complexity index is 1130. The molecule has 0 aliphatic heterocycles. The number of ether oxygens (including phenoxy) is 1.